The Labute approximate surface area is 164 Å². The van der Waals surface area contributed by atoms with E-state index in [1.54, 1.807) is 0 Å². The lowest BCUT2D eigenvalue weighted by molar-refractivity contribution is 0.102. The summed E-state index contributed by atoms with van der Waals surface area (Å²) in [7, 11) is 2.13. The topological polar surface area (TPSA) is 35.6 Å². The Morgan fingerprint density at radius 1 is 0.963 bits per heavy atom. The van der Waals surface area contributed by atoms with E-state index in [9.17, 15) is 4.79 Å². The molecule has 3 aromatic rings. The molecule has 0 aliphatic carbocycles. The number of anilines is 2. The van der Waals surface area contributed by atoms with E-state index in [4.69, 9.17) is 11.6 Å². The van der Waals surface area contributed by atoms with Gasteiger partial charge in [0.05, 0.1) is 11.4 Å². The molecule has 1 saturated heterocycles. The van der Waals surface area contributed by atoms with E-state index in [1.165, 1.54) is 0 Å². The van der Waals surface area contributed by atoms with Crippen molar-refractivity contribution < 1.29 is 4.79 Å². The number of nitrogens with zero attached hydrogens (tertiary/aromatic N) is 2. The number of carbonyl (C=O) groups excluding carboxylic acids is 1. The molecule has 4 rings (SSSR count). The van der Waals surface area contributed by atoms with Crippen molar-refractivity contribution in [2.75, 3.05) is 43.4 Å². The minimum atomic E-state index is -0.121. The Hall–Kier alpha value is -2.56. The molecule has 0 spiro atoms. The summed E-state index contributed by atoms with van der Waals surface area (Å²) < 4.78 is 0. The van der Waals surface area contributed by atoms with Crippen LogP contribution in [0.5, 0.6) is 0 Å². The molecule has 0 saturated carbocycles. The monoisotopic (exact) mass is 379 g/mol. The molecule has 1 N–H and O–H groups in total. The summed E-state index contributed by atoms with van der Waals surface area (Å²) >= 11 is 6.23. The van der Waals surface area contributed by atoms with E-state index in [-0.39, 0.29) is 5.91 Å². The van der Waals surface area contributed by atoms with Crippen molar-refractivity contribution >= 4 is 39.7 Å². The van der Waals surface area contributed by atoms with Crippen LogP contribution >= 0.6 is 11.6 Å². The first-order chi connectivity index (χ1) is 13.1. The fourth-order valence-electron chi connectivity index (χ4n) is 3.54. The Bertz CT molecular complexity index is 975. The second-order valence-electron chi connectivity index (χ2n) is 6.93. The molecular formula is C22H22ClN3O. The van der Waals surface area contributed by atoms with Gasteiger partial charge in [-0.25, -0.2) is 0 Å². The number of rotatable bonds is 3. The molecule has 0 radical (unpaired) electrons. The maximum atomic E-state index is 13.0. The molecular weight excluding hydrogens is 358 g/mol. The average molecular weight is 380 g/mol. The number of hydrogen-bond acceptors (Lipinski definition) is 3. The number of piperazine rings is 1. The molecule has 0 aromatic heterocycles. The van der Waals surface area contributed by atoms with Gasteiger partial charge in [-0.05, 0) is 42.1 Å². The van der Waals surface area contributed by atoms with Gasteiger partial charge in [0.25, 0.3) is 5.91 Å². The highest BCUT2D eigenvalue weighted by Gasteiger charge is 2.19. The highest BCUT2D eigenvalue weighted by molar-refractivity contribution is 6.31. The predicted molar refractivity (Wildman–Crippen MR) is 113 cm³/mol. The molecule has 3 aromatic carbocycles. The van der Waals surface area contributed by atoms with Crippen molar-refractivity contribution in [1.82, 2.24) is 4.90 Å². The third-order valence-corrected chi connectivity index (χ3v) is 5.32. The van der Waals surface area contributed by atoms with Gasteiger partial charge in [0, 0.05) is 36.8 Å². The van der Waals surface area contributed by atoms with Gasteiger partial charge in [0.1, 0.15) is 0 Å². The number of nitrogens with one attached hydrogen (secondary N) is 1. The molecule has 1 amide bonds. The number of carbonyl (C=O) groups is 1. The Morgan fingerprint density at radius 2 is 1.70 bits per heavy atom. The lowest BCUT2D eigenvalue weighted by atomic mass is 10.0. The summed E-state index contributed by atoms with van der Waals surface area (Å²) in [5.74, 6) is -0.121. The quantitative estimate of drug-likeness (QED) is 0.727. The maximum absolute atomic E-state index is 13.0. The summed E-state index contributed by atoms with van der Waals surface area (Å²) in [6, 6.07) is 19.4. The van der Waals surface area contributed by atoms with Gasteiger partial charge in [0.15, 0.2) is 0 Å². The van der Waals surface area contributed by atoms with Crippen LogP contribution in [0.15, 0.2) is 60.7 Å². The first-order valence-electron chi connectivity index (χ1n) is 9.14. The summed E-state index contributed by atoms with van der Waals surface area (Å²) in [6.45, 7) is 3.85. The van der Waals surface area contributed by atoms with Crippen LogP contribution in [0.25, 0.3) is 10.8 Å². The fourth-order valence-corrected chi connectivity index (χ4v) is 3.72. The van der Waals surface area contributed by atoms with E-state index < -0.39 is 0 Å². The Balaban J connectivity index is 1.65. The van der Waals surface area contributed by atoms with Crippen LogP contribution < -0.4 is 10.2 Å². The molecule has 1 heterocycles. The summed E-state index contributed by atoms with van der Waals surface area (Å²) in [5.41, 5.74) is 2.43. The Morgan fingerprint density at radius 3 is 2.52 bits per heavy atom. The first kappa shape index (κ1) is 17.8. The van der Waals surface area contributed by atoms with Gasteiger partial charge in [-0.1, -0.05) is 48.0 Å². The van der Waals surface area contributed by atoms with Gasteiger partial charge >= 0.3 is 0 Å². The maximum Gasteiger partial charge on any atom is 0.256 e. The zero-order chi connectivity index (χ0) is 18.8. The molecule has 27 heavy (non-hydrogen) atoms. The van der Waals surface area contributed by atoms with Crippen molar-refractivity contribution in [3.05, 3.63) is 71.2 Å². The fraction of sp³-hybridized carbons (Fsp3) is 0.227. The molecule has 1 aliphatic rings. The molecule has 0 bridgehead atoms. The van der Waals surface area contributed by atoms with Crippen molar-refractivity contribution in [2.45, 2.75) is 0 Å². The second kappa shape index (κ2) is 7.59. The molecule has 4 nitrogen and oxygen atoms in total. The van der Waals surface area contributed by atoms with Crippen LogP contribution in [0.1, 0.15) is 10.4 Å². The highest BCUT2D eigenvalue weighted by Crippen LogP contribution is 2.31. The van der Waals surface area contributed by atoms with E-state index in [0.29, 0.717) is 10.6 Å². The number of amides is 1. The number of hydrogen-bond donors (Lipinski definition) is 1. The minimum Gasteiger partial charge on any atom is -0.367 e. The molecule has 138 valence electrons. The van der Waals surface area contributed by atoms with Crippen LogP contribution in [-0.2, 0) is 0 Å². The number of halogens is 1. The summed E-state index contributed by atoms with van der Waals surface area (Å²) in [5, 5.41) is 5.70. The SMILES string of the molecule is CN1CCN(c2ccc(Cl)cc2NC(=O)c2cccc3ccccc23)CC1. The number of likely N-dealkylation sites (N-methyl/N-ethyl adjacent to an activating group) is 1. The van der Waals surface area contributed by atoms with Crippen LogP contribution in [0.3, 0.4) is 0 Å². The van der Waals surface area contributed by atoms with Gasteiger partial charge in [-0.15, -0.1) is 0 Å². The number of fused-ring (bicyclic) bond motifs is 1. The smallest absolute Gasteiger partial charge is 0.256 e. The average Bonchev–Trinajstić information content (AvgIpc) is 2.68. The van der Waals surface area contributed by atoms with E-state index >= 15 is 0 Å². The van der Waals surface area contributed by atoms with Gasteiger partial charge in [-0.3, -0.25) is 4.79 Å². The zero-order valence-corrected chi connectivity index (χ0v) is 16.0. The number of benzene rings is 3. The van der Waals surface area contributed by atoms with Crippen molar-refractivity contribution in [3.63, 3.8) is 0 Å². The van der Waals surface area contributed by atoms with Gasteiger partial charge in [-0.2, -0.15) is 0 Å². The molecule has 1 aliphatic heterocycles. The molecule has 1 fully saturated rings. The van der Waals surface area contributed by atoms with Gasteiger partial charge < -0.3 is 15.1 Å². The van der Waals surface area contributed by atoms with E-state index in [2.05, 4.69) is 22.2 Å². The summed E-state index contributed by atoms with van der Waals surface area (Å²) in [6.07, 6.45) is 0. The van der Waals surface area contributed by atoms with Crippen molar-refractivity contribution in [3.8, 4) is 0 Å². The molecule has 0 unspecified atom stereocenters. The van der Waals surface area contributed by atoms with Crippen LogP contribution in [0, 0.1) is 0 Å². The van der Waals surface area contributed by atoms with Crippen LogP contribution in [0.4, 0.5) is 11.4 Å². The lowest BCUT2D eigenvalue weighted by Crippen LogP contribution is -2.44. The molecule has 5 heteroatoms. The van der Waals surface area contributed by atoms with E-state index in [0.717, 1.165) is 48.3 Å². The standard InChI is InChI=1S/C22H22ClN3O/c1-25-11-13-26(14-12-25)21-10-9-17(23)15-20(21)24-22(27)19-8-4-6-16-5-2-3-7-18(16)19/h2-10,15H,11-14H2,1H3,(H,24,27). The van der Waals surface area contributed by atoms with Crippen LogP contribution in [0.2, 0.25) is 5.02 Å². The zero-order valence-electron chi connectivity index (χ0n) is 15.3. The molecule has 0 atom stereocenters. The predicted octanol–water partition coefficient (Wildman–Crippen LogP) is 4.50. The third-order valence-electron chi connectivity index (χ3n) is 5.09. The van der Waals surface area contributed by atoms with Crippen LogP contribution in [-0.4, -0.2) is 44.0 Å². The van der Waals surface area contributed by atoms with Crippen molar-refractivity contribution in [2.24, 2.45) is 0 Å². The largest absolute Gasteiger partial charge is 0.367 e. The second-order valence-corrected chi connectivity index (χ2v) is 7.37. The first-order valence-corrected chi connectivity index (χ1v) is 9.52. The van der Waals surface area contributed by atoms with Gasteiger partial charge in [0.2, 0.25) is 0 Å². The highest BCUT2D eigenvalue weighted by atomic mass is 35.5. The Kier molecular flexibility index (Phi) is 5.01. The normalized spacial score (nSPS) is 15.1. The minimum absolute atomic E-state index is 0.121. The third kappa shape index (κ3) is 3.77. The van der Waals surface area contributed by atoms with Crippen molar-refractivity contribution in [1.29, 1.82) is 0 Å². The van der Waals surface area contributed by atoms with E-state index in [1.807, 2.05) is 60.7 Å². The lowest BCUT2D eigenvalue weighted by Gasteiger charge is -2.35. The summed E-state index contributed by atoms with van der Waals surface area (Å²) in [4.78, 5) is 17.7.